The van der Waals surface area contributed by atoms with E-state index in [1.807, 2.05) is 19.1 Å². The molecule has 0 bridgehead atoms. The van der Waals surface area contributed by atoms with E-state index in [-0.39, 0.29) is 11.8 Å². The summed E-state index contributed by atoms with van der Waals surface area (Å²) < 4.78 is 5.45. The van der Waals surface area contributed by atoms with Crippen LogP contribution in [0.1, 0.15) is 28.8 Å². The zero-order valence-corrected chi connectivity index (χ0v) is 14.1. The lowest BCUT2D eigenvalue weighted by Gasteiger charge is -2.21. The molecule has 0 saturated carbocycles. The molecule has 2 amide bonds. The number of likely N-dealkylation sites (N-methyl/N-ethyl adjacent to an activating group) is 1. The molecule has 5 nitrogen and oxygen atoms in total. The van der Waals surface area contributed by atoms with Gasteiger partial charge in [0.15, 0.2) is 0 Å². The molecule has 2 aromatic rings. The fourth-order valence-electron chi connectivity index (χ4n) is 2.16. The summed E-state index contributed by atoms with van der Waals surface area (Å²) in [4.78, 5) is 26.0. The van der Waals surface area contributed by atoms with Crippen molar-refractivity contribution < 1.29 is 14.0 Å². The molecular formula is C17H19ClN2O3. The topological polar surface area (TPSA) is 62.6 Å². The average molecular weight is 335 g/mol. The van der Waals surface area contributed by atoms with E-state index < -0.39 is 6.04 Å². The van der Waals surface area contributed by atoms with Crippen LogP contribution in [-0.2, 0) is 11.3 Å². The summed E-state index contributed by atoms with van der Waals surface area (Å²) in [7, 11) is 1.67. The minimum absolute atomic E-state index is 0.193. The second-order valence-corrected chi connectivity index (χ2v) is 5.85. The average Bonchev–Trinajstić information content (AvgIpc) is 2.92. The number of carbonyl (C=O) groups excluding carboxylic acids is 2. The van der Waals surface area contributed by atoms with Crippen LogP contribution in [-0.4, -0.2) is 29.8 Å². The fraction of sp³-hybridized carbons (Fsp3) is 0.294. The molecule has 2 rings (SSSR count). The minimum atomic E-state index is -0.640. The van der Waals surface area contributed by atoms with Gasteiger partial charge in [-0.2, -0.15) is 0 Å². The van der Waals surface area contributed by atoms with E-state index in [4.69, 9.17) is 16.0 Å². The summed E-state index contributed by atoms with van der Waals surface area (Å²) >= 11 is 5.79. The predicted molar refractivity (Wildman–Crippen MR) is 88.3 cm³/mol. The Balaban J connectivity index is 1.93. The second-order valence-electron chi connectivity index (χ2n) is 5.41. The number of nitrogens with zero attached hydrogens (tertiary/aromatic N) is 1. The van der Waals surface area contributed by atoms with Gasteiger partial charge in [-0.1, -0.05) is 11.6 Å². The predicted octanol–water partition coefficient (Wildman–Crippen LogP) is 3.02. The van der Waals surface area contributed by atoms with Crippen LogP contribution in [0.25, 0.3) is 0 Å². The number of rotatable bonds is 5. The lowest BCUT2D eigenvalue weighted by molar-refractivity contribution is -0.132. The van der Waals surface area contributed by atoms with Gasteiger partial charge in [-0.3, -0.25) is 9.59 Å². The van der Waals surface area contributed by atoms with E-state index in [1.54, 1.807) is 38.2 Å². The zero-order valence-electron chi connectivity index (χ0n) is 13.3. The van der Waals surface area contributed by atoms with Crippen molar-refractivity contribution in [1.82, 2.24) is 10.2 Å². The SMILES string of the molecule is Cc1ccc(CN(C)C(=O)C(C)NC(=O)c2ccc(Cl)cc2)o1. The van der Waals surface area contributed by atoms with Crippen molar-refractivity contribution in [1.29, 1.82) is 0 Å². The van der Waals surface area contributed by atoms with Gasteiger partial charge < -0.3 is 14.6 Å². The molecule has 1 aromatic carbocycles. The molecule has 1 aromatic heterocycles. The maximum Gasteiger partial charge on any atom is 0.251 e. The number of aryl methyl sites for hydroxylation is 1. The van der Waals surface area contributed by atoms with E-state index in [0.717, 1.165) is 5.76 Å². The summed E-state index contributed by atoms with van der Waals surface area (Å²) in [5, 5.41) is 3.24. The highest BCUT2D eigenvalue weighted by Crippen LogP contribution is 2.11. The Morgan fingerprint density at radius 3 is 2.43 bits per heavy atom. The van der Waals surface area contributed by atoms with Gasteiger partial charge in [0.05, 0.1) is 6.54 Å². The Labute approximate surface area is 140 Å². The van der Waals surface area contributed by atoms with Crippen molar-refractivity contribution in [2.45, 2.75) is 26.4 Å². The quantitative estimate of drug-likeness (QED) is 0.914. The number of halogens is 1. The Morgan fingerprint density at radius 2 is 1.87 bits per heavy atom. The van der Waals surface area contributed by atoms with E-state index in [2.05, 4.69) is 5.32 Å². The number of nitrogens with one attached hydrogen (secondary N) is 1. The molecule has 0 saturated heterocycles. The van der Waals surface area contributed by atoms with Gasteiger partial charge in [0.25, 0.3) is 5.91 Å². The minimum Gasteiger partial charge on any atom is -0.464 e. The Kier molecular flexibility index (Phi) is 5.45. The van der Waals surface area contributed by atoms with Gasteiger partial charge in [-0.15, -0.1) is 0 Å². The summed E-state index contributed by atoms with van der Waals surface area (Å²) in [5.41, 5.74) is 0.457. The highest BCUT2D eigenvalue weighted by molar-refractivity contribution is 6.30. The monoisotopic (exact) mass is 334 g/mol. The first-order valence-electron chi connectivity index (χ1n) is 7.23. The van der Waals surface area contributed by atoms with Crippen LogP contribution in [0.15, 0.2) is 40.8 Å². The Morgan fingerprint density at radius 1 is 1.22 bits per heavy atom. The third-order valence-corrected chi connectivity index (χ3v) is 3.64. The molecule has 0 radical (unpaired) electrons. The van der Waals surface area contributed by atoms with Crippen LogP contribution in [0.3, 0.4) is 0 Å². The van der Waals surface area contributed by atoms with Crippen molar-refractivity contribution in [3.8, 4) is 0 Å². The van der Waals surface area contributed by atoms with Crippen LogP contribution in [0, 0.1) is 6.92 Å². The molecular weight excluding hydrogens is 316 g/mol. The molecule has 0 spiro atoms. The number of furan rings is 1. The third kappa shape index (κ3) is 4.60. The summed E-state index contributed by atoms with van der Waals surface area (Å²) in [6.07, 6.45) is 0. The summed E-state index contributed by atoms with van der Waals surface area (Å²) in [6.45, 7) is 3.86. The molecule has 0 fully saturated rings. The van der Waals surface area contributed by atoms with Crippen molar-refractivity contribution >= 4 is 23.4 Å². The molecule has 23 heavy (non-hydrogen) atoms. The van der Waals surface area contributed by atoms with E-state index in [0.29, 0.717) is 22.9 Å². The first kappa shape index (κ1) is 17.1. The maximum atomic E-state index is 12.3. The molecule has 122 valence electrons. The lowest BCUT2D eigenvalue weighted by Crippen LogP contribution is -2.45. The van der Waals surface area contributed by atoms with Crippen molar-refractivity contribution in [2.24, 2.45) is 0 Å². The first-order chi connectivity index (χ1) is 10.9. The van der Waals surface area contributed by atoms with Crippen LogP contribution < -0.4 is 5.32 Å². The van der Waals surface area contributed by atoms with E-state index in [1.165, 1.54) is 4.90 Å². The number of carbonyl (C=O) groups is 2. The van der Waals surface area contributed by atoms with Crippen LogP contribution in [0.2, 0.25) is 5.02 Å². The smallest absolute Gasteiger partial charge is 0.251 e. The fourth-order valence-corrected chi connectivity index (χ4v) is 2.28. The highest BCUT2D eigenvalue weighted by atomic mass is 35.5. The van der Waals surface area contributed by atoms with Gasteiger partial charge in [-0.25, -0.2) is 0 Å². The lowest BCUT2D eigenvalue weighted by atomic mass is 10.2. The zero-order chi connectivity index (χ0) is 17.0. The van der Waals surface area contributed by atoms with E-state index in [9.17, 15) is 9.59 Å². The number of amides is 2. The molecule has 6 heteroatoms. The van der Waals surface area contributed by atoms with Gasteiger partial charge >= 0.3 is 0 Å². The molecule has 1 N–H and O–H groups in total. The van der Waals surface area contributed by atoms with Crippen molar-refractivity contribution in [3.63, 3.8) is 0 Å². The first-order valence-corrected chi connectivity index (χ1v) is 7.61. The van der Waals surface area contributed by atoms with Crippen LogP contribution in [0.5, 0.6) is 0 Å². The van der Waals surface area contributed by atoms with Gasteiger partial charge in [0, 0.05) is 17.6 Å². The largest absolute Gasteiger partial charge is 0.464 e. The van der Waals surface area contributed by atoms with Gasteiger partial charge in [0.1, 0.15) is 17.6 Å². The standard InChI is InChI=1S/C17H19ClN2O3/c1-11-4-9-15(23-11)10-20(3)17(22)12(2)19-16(21)13-5-7-14(18)8-6-13/h4-9,12H,10H2,1-3H3,(H,19,21). The second kappa shape index (κ2) is 7.33. The molecule has 0 aliphatic rings. The number of benzene rings is 1. The normalized spacial score (nSPS) is 11.8. The number of hydrogen-bond acceptors (Lipinski definition) is 3. The van der Waals surface area contributed by atoms with Gasteiger partial charge in [0.2, 0.25) is 5.91 Å². The molecule has 1 unspecified atom stereocenters. The Bertz CT molecular complexity index is 694. The summed E-state index contributed by atoms with van der Waals surface area (Å²) in [6, 6.07) is 9.53. The molecule has 1 atom stereocenters. The van der Waals surface area contributed by atoms with Crippen molar-refractivity contribution in [2.75, 3.05) is 7.05 Å². The molecule has 1 heterocycles. The molecule has 0 aliphatic heterocycles. The third-order valence-electron chi connectivity index (χ3n) is 3.39. The number of hydrogen-bond donors (Lipinski definition) is 1. The van der Waals surface area contributed by atoms with Crippen LogP contribution >= 0.6 is 11.6 Å². The maximum absolute atomic E-state index is 12.3. The summed E-state index contributed by atoms with van der Waals surface area (Å²) in [5.74, 6) is 0.991. The highest BCUT2D eigenvalue weighted by Gasteiger charge is 2.21. The molecule has 0 aliphatic carbocycles. The Hall–Kier alpha value is -2.27. The van der Waals surface area contributed by atoms with E-state index >= 15 is 0 Å². The van der Waals surface area contributed by atoms with Gasteiger partial charge in [-0.05, 0) is 50.2 Å². The van der Waals surface area contributed by atoms with Crippen LogP contribution in [0.4, 0.5) is 0 Å². The van der Waals surface area contributed by atoms with Crippen molar-refractivity contribution in [3.05, 3.63) is 58.5 Å².